The highest BCUT2D eigenvalue weighted by Gasteiger charge is 2.11. The van der Waals surface area contributed by atoms with Crippen molar-refractivity contribution in [1.82, 2.24) is 15.0 Å². The third kappa shape index (κ3) is 5.00. The van der Waals surface area contributed by atoms with Gasteiger partial charge in [-0.15, -0.1) is 0 Å². The summed E-state index contributed by atoms with van der Waals surface area (Å²) in [5, 5.41) is 6.56. The fourth-order valence-corrected chi connectivity index (χ4v) is 2.88. The van der Waals surface area contributed by atoms with Crippen LogP contribution < -0.4 is 15.4 Å². The molecule has 30 heavy (non-hydrogen) atoms. The number of pyridine rings is 1. The summed E-state index contributed by atoms with van der Waals surface area (Å²) in [4.78, 5) is 25.1. The van der Waals surface area contributed by atoms with Crippen LogP contribution in [0.4, 0.5) is 23.1 Å². The van der Waals surface area contributed by atoms with Gasteiger partial charge in [-0.25, -0.2) is 9.97 Å². The van der Waals surface area contributed by atoms with E-state index in [-0.39, 0.29) is 12.2 Å². The van der Waals surface area contributed by atoms with E-state index in [2.05, 4.69) is 32.2 Å². The lowest BCUT2D eigenvalue weighted by molar-refractivity contribution is -0.114. The first-order chi connectivity index (χ1) is 14.4. The fraction of sp³-hybridized carbons (Fsp3) is 0.217. The number of ether oxygens (including phenoxy) is 1. The molecule has 0 amide bonds. The van der Waals surface area contributed by atoms with Crippen molar-refractivity contribution < 1.29 is 9.53 Å². The third-order valence-electron chi connectivity index (χ3n) is 4.61. The Balaban J connectivity index is 1.90. The Bertz CT molecular complexity index is 1090. The van der Waals surface area contributed by atoms with Crippen LogP contribution in [0.3, 0.4) is 0 Å². The second kappa shape index (κ2) is 9.17. The van der Waals surface area contributed by atoms with Gasteiger partial charge in [0.15, 0.2) is 5.78 Å². The lowest BCUT2D eigenvalue weighted by Crippen LogP contribution is -2.07. The molecule has 1 aromatic carbocycles. The lowest BCUT2D eigenvalue weighted by Gasteiger charge is -2.15. The van der Waals surface area contributed by atoms with Crippen molar-refractivity contribution in [3.8, 4) is 5.88 Å². The van der Waals surface area contributed by atoms with Crippen LogP contribution >= 0.6 is 0 Å². The molecule has 0 unspecified atom stereocenters. The third-order valence-corrected chi connectivity index (χ3v) is 4.61. The van der Waals surface area contributed by atoms with E-state index < -0.39 is 0 Å². The van der Waals surface area contributed by atoms with E-state index in [1.54, 1.807) is 25.6 Å². The quantitative estimate of drug-likeness (QED) is 0.532. The number of aryl methyl sites for hydroxylation is 3. The van der Waals surface area contributed by atoms with Crippen molar-refractivity contribution in [3.05, 3.63) is 71.6 Å². The highest BCUT2D eigenvalue weighted by atomic mass is 16.5. The summed E-state index contributed by atoms with van der Waals surface area (Å²) in [6.07, 6.45) is 5.09. The number of ketones is 1. The predicted octanol–water partition coefficient (Wildman–Crippen LogP) is 4.59. The number of aromatic nitrogens is 3. The van der Waals surface area contributed by atoms with Gasteiger partial charge >= 0.3 is 0 Å². The Labute approximate surface area is 176 Å². The van der Waals surface area contributed by atoms with Crippen LogP contribution in [0, 0.1) is 20.8 Å². The minimum atomic E-state index is -0.0347. The van der Waals surface area contributed by atoms with Gasteiger partial charge in [-0.05, 0) is 44.0 Å². The zero-order valence-electron chi connectivity index (χ0n) is 17.6. The number of hydrogen-bond acceptors (Lipinski definition) is 7. The van der Waals surface area contributed by atoms with E-state index in [1.165, 1.54) is 6.08 Å². The van der Waals surface area contributed by atoms with E-state index in [4.69, 9.17) is 4.74 Å². The molecule has 0 saturated heterocycles. The average Bonchev–Trinajstić information content (AvgIpc) is 2.73. The summed E-state index contributed by atoms with van der Waals surface area (Å²) in [6, 6.07) is 7.73. The summed E-state index contributed by atoms with van der Waals surface area (Å²) in [6.45, 7) is 9.43. The summed E-state index contributed by atoms with van der Waals surface area (Å²) < 4.78 is 5.19. The zero-order valence-corrected chi connectivity index (χ0v) is 17.6. The molecule has 2 aromatic heterocycles. The Hall–Kier alpha value is -3.74. The maximum absolute atomic E-state index is 11.9. The second-order valence-corrected chi connectivity index (χ2v) is 7.02. The van der Waals surface area contributed by atoms with Crippen molar-refractivity contribution in [2.75, 3.05) is 17.7 Å². The van der Waals surface area contributed by atoms with Crippen molar-refractivity contribution >= 4 is 28.9 Å². The molecule has 0 radical (unpaired) electrons. The van der Waals surface area contributed by atoms with Gasteiger partial charge in [0.05, 0.1) is 12.8 Å². The second-order valence-electron chi connectivity index (χ2n) is 7.02. The maximum Gasteiger partial charge on any atom is 0.229 e. The van der Waals surface area contributed by atoms with Gasteiger partial charge in [-0.2, -0.15) is 4.98 Å². The summed E-state index contributed by atoms with van der Waals surface area (Å²) in [7, 11) is 1.57. The van der Waals surface area contributed by atoms with Gasteiger partial charge in [-0.1, -0.05) is 24.3 Å². The van der Waals surface area contributed by atoms with Crippen LogP contribution in [0.2, 0.25) is 0 Å². The van der Waals surface area contributed by atoms with Crippen LogP contribution in [-0.2, 0) is 11.2 Å². The zero-order chi connectivity index (χ0) is 21.7. The molecule has 0 aliphatic carbocycles. The van der Waals surface area contributed by atoms with Crippen LogP contribution in [0.1, 0.15) is 22.3 Å². The minimum Gasteiger partial charge on any atom is -0.481 e. The van der Waals surface area contributed by atoms with Gasteiger partial charge in [0.2, 0.25) is 11.8 Å². The first kappa shape index (κ1) is 21.0. The van der Waals surface area contributed by atoms with Gasteiger partial charge < -0.3 is 15.4 Å². The molecule has 0 atom stereocenters. The van der Waals surface area contributed by atoms with E-state index in [0.717, 1.165) is 33.6 Å². The molecule has 0 aliphatic heterocycles. The molecule has 0 bridgehead atoms. The molecule has 0 aliphatic rings. The van der Waals surface area contributed by atoms with Crippen LogP contribution in [0.15, 0.2) is 49.3 Å². The molecular formula is C23H25N5O2. The minimum absolute atomic E-state index is 0.0347. The number of methoxy groups -OCH3 is 1. The number of allylic oxidation sites excluding steroid dienone is 1. The van der Waals surface area contributed by atoms with Crippen LogP contribution in [0.5, 0.6) is 5.88 Å². The van der Waals surface area contributed by atoms with Crippen molar-refractivity contribution in [3.63, 3.8) is 0 Å². The summed E-state index contributed by atoms with van der Waals surface area (Å²) >= 11 is 0. The average molecular weight is 403 g/mol. The number of hydrogen-bond donors (Lipinski definition) is 2. The molecule has 3 aromatic rings. The molecule has 3 rings (SSSR count). The number of nitrogens with one attached hydrogen (secondary N) is 2. The van der Waals surface area contributed by atoms with Crippen molar-refractivity contribution in [2.24, 2.45) is 0 Å². The molecule has 0 fully saturated rings. The highest BCUT2D eigenvalue weighted by molar-refractivity contribution is 5.92. The van der Waals surface area contributed by atoms with Crippen molar-refractivity contribution in [1.29, 1.82) is 0 Å². The van der Waals surface area contributed by atoms with Gasteiger partial charge in [0.25, 0.3) is 0 Å². The van der Waals surface area contributed by atoms with Crippen LogP contribution in [-0.4, -0.2) is 27.8 Å². The van der Waals surface area contributed by atoms with Crippen molar-refractivity contribution in [2.45, 2.75) is 27.2 Å². The SMILES string of the molecule is C=CC(=O)Cc1cc(C)ccc1Nc1nc(Nc2cc(OC)ncc2C)ncc1C. The Morgan fingerprint density at radius 3 is 2.57 bits per heavy atom. The van der Waals surface area contributed by atoms with E-state index in [9.17, 15) is 4.79 Å². The molecular weight excluding hydrogens is 378 g/mol. The molecule has 0 saturated carbocycles. The number of anilines is 4. The molecule has 0 spiro atoms. The predicted molar refractivity (Wildman–Crippen MR) is 119 cm³/mol. The van der Waals surface area contributed by atoms with E-state index in [0.29, 0.717) is 17.6 Å². The Morgan fingerprint density at radius 2 is 1.83 bits per heavy atom. The molecule has 2 heterocycles. The van der Waals surface area contributed by atoms with Gasteiger partial charge in [0, 0.05) is 36.1 Å². The molecule has 7 nitrogen and oxygen atoms in total. The normalized spacial score (nSPS) is 10.4. The molecule has 154 valence electrons. The smallest absolute Gasteiger partial charge is 0.229 e. The fourth-order valence-electron chi connectivity index (χ4n) is 2.88. The van der Waals surface area contributed by atoms with Gasteiger partial charge in [-0.3, -0.25) is 4.79 Å². The largest absolute Gasteiger partial charge is 0.481 e. The van der Waals surface area contributed by atoms with Gasteiger partial charge in [0.1, 0.15) is 5.82 Å². The Kier molecular flexibility index (Phi) is 6.41. The Morgan fingerprint density at radius 1 is 1.07 bits per heavy atom. The summed E-state index contributed by atoms with van der Waals surface area (Å²) in [5.41, 5.74) is 5.43. The van der Waals surface area contributed by atoms with E-state index in [1.807, 2.05) is 39.0 Å². The van der Waals surface area contributed by atoms with E-state index >= 15 is 0 Å². The summed E-state index contributed by atoms with van der Waals surface area (Å²) in [5.74, 6) is 1.56. The van der Waals surface area contributed by atoms with Crippen LogP contribution in [0.25, 0.3) is 0 Å². The molecule has 7 heteroatoms. The number of rotatable bonds is 8. The number of carbonyl (C=O) groups excluding carboxylic acids is 1. The monoisotopic (exact) mass is 403 g/mol. The maximum atomic E-state index is 11.9. The topological polar surface area (TPSA) is 89.0 Å². The molecule has 2 N–H and O–H groups in total. The highest BCUT2D eigenvalue weighted by Crippen LogP contribution is 2.26. The number of nitrogens with zero attached hydrogens (tertiary/aromatic N) is 3. The standard InChI is InChI=1S/C23H25N5O2/c1-6-18(29)10-17-9-14(2)7-8-19(17)26-22-16(4)13-25-23(28-22)27-20-11-21(30-5)24-12-15(20)3/h6-9,11-13H,1,10H2,2-5H3,(H2,24,25,26,27,28). The number of carbonyl (C=O) groups is 1. The number of benzene rings is 1. The lowest BCUT2D eigenvalue weighted by atomic mass is 10.0. The first-order valence-electron chi connectivity index (χ1n) is 9.52. The first-order valence-corrected chi connectivity index (χ1v) is 9.52.